The van der Waals surface area contributed by atoms with Crippen LogP contribution in [-0.2, 0) is 24.2 Å². The van der Waals surface area contributed by atoms with Crippen LogP contribution in [0, 0.1) is 5.82 Å². The Morgan fingerprint density at radius 1 is 1.26 bits per heavy atom. The van der Waals surface area contributed by atoms with E-state index in [-0.39, 0.29) is 18.1 Å². The Labute approximate surface area is 116 Å². The Balaban J connectivity index is 1.84. The molecule has 1 amide bonds. The van der Waals surface area contributed by atoms with Crippen LogP contribution in [0.4, 0.5) is 4.39 Å². The Hall–Kier alpha value is -1.68. The summed E-state index contributed by atoms with van der Waals surface area (Å²) in [6.07, 6.45) is 1.23. The van der Waals surface area contributed by atoms with Crippen LogP contribution in [0.15, 0.2) is 36.4 Å². The van der Waals surface area contributed by atoms with Gasteiger partial charge in [-0.2, -0.15) is 0 Å². The fourth-order valence-electron chi connectivity index (χ4n) is 1.79. The minimum atomic E-state index is -0.309. The van der Waals surface area contributed by atoms with Gasteiger partial charge in [0.15, 0.2) is 0 Å². The highest BCUT2D eigenvalue weighted by Crippen LogP contribution is 2.16. The first-order valence-corrected chi connectivity index (χ1v) is 7.07. The van der Waals surface area contributed by atoms with Gasteiger partial charge in [0.1, 0.15) is 5.82 Å². The number of rotatable bonds is 5. The molecule has 1 N–H and O–H groups in total. The topological polar surface area (TPSA) is 29.1 Å². The minimum absolute atomic E-state index is 0.0861. The molecule has 1 aromatic carbocycles. The van der Waals surface area contributed by atoms with E-state index in [0.29, 0.717) is 12.1 Å². The highest BCUT2D eigenvalue weighted by Gasteiger charge is 2.05. The lowest BCUT2D eigenvalue weighted by molar-refractivity contribution is -0.120. The quantitative estimate of drug-likeness (QED) is 0.892. The van der Waals surface area contributed by atoms with Crippen molar-refractivity contribution in [1.29, 1.82) is 0 Å². The van der Waals surface area contributed by atoms with Crippen molar-refractivity contribution < 1.29 is 9.18 Å². The van der Waals surface area contributed by atoms with Crippen LogP contribution in [0.5, 0.6) is 0 Å². The molecular weight excluding hydrogens is 261 g/mol. The van der Waals surface area contributed by atoms with Crippen LogP contribution in [-0.4, -0.2) is 5.91 Å². The zero-order valence-electron chi connectivity index (χ0n) is 10.8. The van der Waals surface area contributed by atoms with Crippen LogP contribution in [0.3, 0.4) is 0 Å². The average Bonchev–Trinajstić information content (AvgIpc) is 2.84. The summed E-state index contributed by atoms with van der Waals surface area (Å²) in [4.78, 5) is 14.2. The van der Waals surface area contributed by atoms with Crippen LogP contribution >= 0.6 is 11.3 Å². The molecule has 4 heteroatoms. The van der Waals surface area contributed by atoms with Gasteiger partial charge in [0.2, 0.25) is 5.91 Å². The SMILES string of the molecule is CCc1ccc(CNC(=O)Cc2cccc(F)c2)s1. The molecule has 0 aliphatic carbocycles. The van der Waals surface area contributed by atoms with Gasteiger partial charge in [0.25, 0.3) is 0 Å². The molecule has 1 aromatic heterocycles. The second-order valence-corrected chi connectivity index (χ2v) is 5.56. The summed E-state index contributed by atoms with van der Waals surface area (Å²) in [6, 6.07) is 10.2. The number of carbonyl (C=O) groups is 1. The van der Waals surface area contributed by atoms with E-state index in [1.165, 1.54) is 17.0 Å². The van der Waals surface area contributed by atoms with Gasteiger partial charge in [-0.15, -0.1) is 11.3 Å². The van der Waals surface area contributed by atoms with E-state index in [9.17, 15) is 9.18 Å². The lowest BCUT2D eigenvalue weighted by Gasteiger charge is -2.04. The molecule has 0 bridgehead atoms. The third kappa shape index (κ3) is 4.17. The first-order chi connectivity index (χ1) is 9.17. The number of benzene rings is 1. The van der Waals surface area contributed by atoms with Crippen LogP contribution in [0.2, 0.25) is 0 Å². The average molecular weight is 277 g/mol. The summed E-state index contributed by atoms with van der Waals surface area (Å²) < 4.78 is 13.0. The maximum Gasteiger partial charge on any atom is 0.224 e. The molecule has 2 nitrogen and oxygen atoms in total. The summed E-state index contributed by atoms with van der Waals surface area (Å²) in [5.41, 5.74) is 0.693. The van der Waals surface area contributed by atoms with Gasteiger partial charge in [-0.1, -0.05) is 19.1 Å². The molecule has 1 heterocycles. The van der Waals surface area contributed by atoms with Crippen molar-refractivity contribution in [2.45, 2.75) is 26.3 Å². The monoisotopic (exact) mass is 277 g/mol. The van der Waals surface area contributed by atoms with Crippen molar-refractivity contribution in [2.24, 2.45) is 0 Å². The predicted molar refractivity (Wildman–Crippen MR) is 75.6 cm³/mol. The Bertz CT molecular complexity index is 565. The van der Waals surface area contributed by atoms with E-state index in [0.717, 1.165) is 11.3 Å². The summed E-state index contributed by atoms with van der Waals surface area (Å²) in [6.45, 7) is 2.65. The van der Waals surface area contributed by atoms with E-state index >= 15 is 0 Å². The Morgan fingerprint density at radius 2 is 2.05 bits per heavy atom. The molecule has 2 rings (SSSR count). The van der Waals surface area contributed by atoms with E-state index in [1.54, 1.807) is 23.5 Å². The van der Waals surface area contributed by atoms with Gasteiger partial charge in [-0.05, 0) is 36.2 Å². The van der Waals surface area contributed by atoms with Gasteiger partial charge in [0.05, 0.1) is 13.0 Å². The number of thiophene rings is 1. The molecule has 0 aliphatic rings. The molecule has 0 saturated carbocycles. The van der Waals surface area contributed by atoms with Crippen molar-refractivity contribution in [3.63, 3.8) is 0 Å². The summed E-state index contributed by atoms with van der Waals surface area (Å²) in [7, 11) is 0. The fraction of sp³-hybridized carbons (Fsp3) is 0.267. The number of hydrogen-bond donors (Lipinski definition) is 1. The molecule has 0 saturated heterocycles. The zero-order chi connectivity index (χ0) is 13.7. The van der Waals surface area contributed by atoms with Gasteiger partial charge in [-0.3, -0.25) is 4.79 Å². The molecule has 0 aliphatic heterocycles. The predicted octanol–water partition coefficient (Wildman–Crippen LogP) is 3.31. The Morgan fingerprint density at radius 3 is 2.74 bits per heavy atom. The zero-order valence-corrected chi connectivity index (χ0v) is 11.6. The Kier molecular flexibility index (Phi) is 4.68. The molecule has 0 unspecified atom stereocenters. The van der Waals surface area contributed by atoms with Crippen molar-refractivity contribution in [3.05, 3.63) is 57.5 Å². The third-order valence-corrected chi connectivity index (χ3v) is 4.01. The molecule has 100 valence electrons. The lowest BCUT2D eigenvalue weighted by atomic mass is 10.1. The van der Waals surface area contributed by atoms with Crippen molar-refractivity contribution in [2.75, 3.05) is 0 Å². The van der Waals surface area contributed by atoms with Crippen LogP contribution < -0.4 is 5.32 Å². The largest absolute Gasteiger partial charge is 0.351 e. The number of halogens is 1. The molecule has 0 atom stereocenters. The lowest BCUT2D eigenvalue weighted by Crippen LogP contribution is -2.24. The fourth-order valence-corrected chi connectivity index (χ4v) is 2.69. The van der Waals surface area contributed by atoms with Crippen molar-refractivity contribution in [1.82, 2.24) is 5.32 Å². The third-order valence-electron chi connectivity index (χ3n) is 2.78. The number of aryl methyl sites for hydroxylation is 1. The van der Waals surface area contributed by atoms with Gasteiger partial charge >= 0.3 is 0 Å². The minimum Gasteiger partial charge on any atom is -0.351 e. The summed E-state index contributed by atoms with van der Waals surface area (Å²) in [5, 5.41) is 2.85. The second-order valence-electron chi connectivity index (χ2n) is 4.31. The van der Waals surface area contributed by atoms with Crippen LogP contribution in [0.25, 0.3) is 0 Å². The number of amides is 1. The molecular formula is C15H16FNOS. The van der Waals surface area contributed by atoms with Crippen molar-refractivity contribution in [3.8, 4) is 0 Å². The van der Waals surface area contributed by atoms with E-state index < -0.39 is 0 Å². The maximum atomic E-state index is 13.0. The van der Waals surface area contributed by atoms with E-state index in [2.05, 4.69) is 18.3 Å². The van der Waals surface area contributed by atoms with Gasteiger partial charge in [0, 0.05) is 9.75 Å². The molecule has 2 aromatic rings. The summed E-state index contributed by atoms with van der Waals surface area (Å²) >= 11 is 1.71. The number of nitrogens with one attached hydrogen (secondary N) is 1. The van der Waals surface area contributed by atoms with E-state index in [1.807, 2.05) is 6.07 Å². The van der Waals surface area contributed by atoms with Crippen molar-refractivity contribution >= 4 is 17.2 Å². The first kappa shape index (κ1) is 13.7. The highest BCUT2D eigenvalue weighted by molar-refractivity contribution is 7.11. The standard InChI is InChI=1S/C15H16FNOS/c1-2-13-6-7-14(19-13)10-17-15(18)9-11-4-3-5-12(16)8-11/h3-8H,2,9-10H2,1H3,(H,17,18). The molecule has 0 radical (unpaired) electrons. The smallest absolute Gasteiger partial charge is 0.224 e. The first-order valence-electron chi connectivity index (χ1n) is 6.26. The van der Waals surface area contributed by atoms with Gasteiger partial charge in [-0.25, -0.2) is 4.39 Å². The summed E-state index contributed by atoms with van der Waals surface area (Å²) in [5.74, 6) is -0.395. The van der Waals surface area contributed by atoms with Gasteiger partial charge < -0.3 is 5.32 Å². The highest BCUT2D eigenvalue weighted by atomic mass is 32.1. The number of carbonyl (C=O) groups excluding carboxylic acids is 1. The van der Waals surface area contributed by atoms with E-state index in [4.69, 9.17) is 0 Å². The normalized spacial score (nSPS) is 10.4. The number of hydrogen-bond acceptors (Lipinski definition) is 2. The maximum absolute atomic E-state index is 13.0. The molecule has 0 spiro atoms. The molecule has 0 fully saturated rings. The van der Waals surface area contributed by atoms with Crippen LogP contribution in [0.1, 0.15) is 22.2 Å². The molecule has 19 heavy (non-hydrogen) atoms. The second kappa shape index (κ2) is 6.48.